The topological polar surface area (TPSA) is 106 Å². The molecule has 194 valence electrons. The highest BCUT2D eigenvalue weighted by Gasteiger charge is 2.41. The molecule has 3 saturated heterocycles. The van der Waals surface area contributed by atoms with Crippen molar-refractivity contribution in [3.8, 4) is 0 Å². The van der Waals surface area contributed by atoms with Crippen LogP contribution in [-0.4, -0.2) is 81.3 Å². The van der Waals surface area contributed by atoms with Crippen molar-refractivity contribution in [3.63, 3.8) is 0 Å². The van der Waals surface area contributed by atoms with Crippen molar-refractivity contribution in [3.05, 3.63) is 29.2 Å². The molecule has 5 heterocycles. The molecule has 1 atom stereocenters. The zero-order valence-electron chi connectivity index (χ0n) is 20.6. The van der Waals surface area contributed by atoms with Crippen molar-refractivity contribution in [1.82, 2.24) is 19.9 Å². The predicted molar refractivity (Wildman–Crippen MR) is 140 cm³/mol. The Labute approximate surface area is 220 Å². The summed E-state index contributed by atoms with van der Waals surface area (Å²) < 4.78 is 0. The van der Waals surface area contributed by atoms with Crippen LogP contribution < -0.4 is 9.80 Å². The van der Waals surface area contributed by atoms with E-state index in [1.807, 2.05) is 11.0 Å². The van der Waals surface area contributed by atoms with Crippen LogP contribution in [0.25, 0.3) is 0 Å². The molecule has 1 spiro atoms. The average Bonchev–Trinajstić information content (AvgIpc) is 3.53. The smallest absolute Gasteiger partial charge is 0.219 e. The maximum Gasteiger partial charge on any atom is 0.219 e. The lowest BCUT2D eigenvalue weighted by Crippen LogP contribution is -2.42. The summed E-state index contributed by atoms with van der Waals surface area (Å²) in [7, 11) is 0. The first-order valence-corrected chi connectivity index (χ1v) is 13.8. The Balaban J connectivity index is 1.29. The molecule has 3 aliphatic heterocycles. The molecular weight excluding hydrogens is 500 g/mol. The summed E-state index contributed by atoms with van der Waals surface area (Å²) in [6.07, 6.45) is 8.44. The Hall–Kier alpha value is -2.14. The second-order valence-corrected chi connectivity index (χ2v) is 11.5. The fourth-order valence-electron chi connectivity index (χ4n) is 5.74. The van der Waals surface area contributed by atoms with E-state index < -0.39 is 0 Å². The largest absolute Gasteiger partial charge is 0.394 e. The second-order valence-electron chi connectivity index (χ2n) is 10.0. The quantitative estimate of drug-likeness (QED) is 0.580. The molecule has 2 N–H and O–H groups in total. The van der Waals surface area contributed by atoms with Crippen LogP contribution in [0.5, 0.6) is 0 Å². The molecule has 0 saturated carbocycles. The highest BCUT2D eigenvalue weighted by molar-refractivity contribution is 7.99. The van der Waals surface area contributed by atoms with Crippen LogP contribution in [0.2, 0.25) is 5.02 Å². The molecule has 0 radical (unpaired) electrons. The summed E-state index contributed by atoms with van der Waals surface area (Å²) in [5.41, 5.74) is 0.753. The number of nitrogens with zero attached hydrogens (tertiary/aromatic N) is 6. The van der Waals surface area contributed by atoms with E-state index in [9.17, 15) is 15.0 Å². The van der Waals surface area contributed by atoms with Crippen LogP contribution in [0.3, 0.4) is 0 Å². The molecule has 36 heavy (non-hydrogen) atoms. The van der Waals surface area contributed by atoms with E-state index in [4.69, 9.17) is 21.6 Å². The normalized spacial score (nSPS) is 21.6. The Morgan fingerprint density at radius 3 is 2.64 bits per heavy atom. The average molecular weight is 533 g/mol. The van der Waals surface area contributed by atoms with Crippen molar-refractivity contribution in [2.75, 3.05) is 49.1 Å². The third kappa shape index (κ3) is 5.01. The summed E-state index contributed by atoms with van der Waals surface area (Å²) in [5.74, 6) is 1.57. The Bertz CT molecular complexity index is 1110. The van der Waals surface area contributed by atoms with Gasteiger partial charge in [0.1, 0.15) is 16.5 Å². The summed E-state index contributed by atoms with van der Waals surface area (Å²) >= 11 is 8.14. The van der Waals surface area contributed by atoms with E-state index in [2.05, 4.69) is 14.8 Å². The monoisotopic (exact) mass is 532 g/mol. The first-order chi connectivity index (χ1) is 17.4. The van der Waals surface area contributed by atoms with Gasteiger partial charge in [0.25, 0.3) is 0 Å². The van der Waals surface area contributed by atoms with Crippen LogP contribution in [0.4, 0.5) is 11.6 Å². The zero-order valence-corrected chi connectivity index (χ0v) is 22.1. The molecule has 5 rings (SSSR count). The summed E-state index contributed by atoms with van der Waals surface area (Å²) in [4.78, 5) is 32.7. The first-order valence-electron chi connectivity index (χ1n) is 12.6. The van der Waals surface area contributed by atoms with Gasteiger partial charge in [-0.25, -0.2) is 15.0 Å². The van der Waals surface area contributed by atoms with E-state index in [0.717, 1.165) is 75.5 Å². The second kappa shape index (κ2) is 10.7. The Kier molecular flexibility index (Phi) is 7.57. The number of pyridine rings is 1. The number of piperidine rings is 1. The number of halogens is 1. The van der Waals surface area contributed by atoms with Gasteiger partial charge in [-0.2, -0.15) is 0 Å². The minimum Gasteiger partial charge on any atom is -0.394 e. The SMILES string of the molecule is CC(=O)N1CCC2(CCN(c3ncc(Sc4ccnc(N5CCCC5CO)c4Cl)nc3CO)CC2)C1. The number of aromatic nitrogens is 3. The maximum atomic E-state index is 11.8. The van der Waals surface area contributed by atoms with Crippen molar-refractivity contribution in [1.29, 1.82) is 0 Å². The summed E-state index contributed by atoms with van der Waals surface area (Å²) in [6.45, 7) is 5.71. The summed E-state index contributed by atoms with van der Waals surface area (Å²) in [5, 5.41) is 21.0. The van der Waals surface area contributed by atoms with E-state index in [1.54, 1.807) is 19.3 Å². The molecule has 9 nitrogen and oxygen atoms in total. The lowest BCUT2D eigenvalue weighted by molar-refractivity contribution is -0.128. The minimum absolute atomic E-state index is 0.0359. The molecule has 0 aromatic carbocycles. The fraction of sp³-hybridized carbons (Fsp3) is 0.600. The Morgan fingerprint density at radius 2 is 1.94 bits per heavy atom. The van der Waals surface area contributed by atoms with E-state index in [1.165, 1.54) is 11.8 Å². The lowest BCUT2D eigenvalue weighted by Gasteiger charge is -2.40. The standard InChI is InChI=1S/C25H33ClN6O3S/c1-17(35)31-12-7-25(16-31)5-10-30(11-6-25)23-19(15-34)29-21(13-28-23)36-20-4-8-27-24(22(20)26)32-9-2-3-18(32)14-33/h4,8,13,18,33-34H,2-3,5-7,9-12,14-16H2,1H3. The van der Waals surface area contributed by atoms with Crippen LogP contribution in [0.15, 0.2) is 28.4 Å². The lowest BCUT2D eigenvalue weighted by atomic mass is 9.78. The summed E-state index contributed by atoms with van der Waals surface area (Å²) in [6, 6.07) is 1.89. The molecule has 1 unspecified atom stereocenters. The van der Waals surface area contributed by atoms with Crippen LogP contribution >= 0.6 is 23.4 Å². The minimum atomic E-state index is -0.197. The number of hydrogen-bond acceptors (Lipinski definition) is 9. The number of amides is 1. The van der Waals surface area contributed by atoms with E-state index >= 15 is 0 Å². The van der Waals surface area contributed by atoms with Gasteiger partial charge in [-0.05, 0) is 43.6 Å². The van der Waals surface area contributed by atoms with Gasteiger partial charge in [-0.3, -0.25) is 4.79 Å². The van der Waals surface area contributed by atoms with Crippen LogP contribution in [0, 0.1) is 5.41 Å². The predicted octanol–water partition coefficient (Wildman–Crippen LogP) is 2.97. The third-order valence-electron chi connectivity index (χ3n) is 7.87. The van der Waals surface area contributed by atoms with Crippen molar-refractivity contribution < 1.29 is 15.0 Å². The molecule has 11 heteroatoms. The number of rotatable bonds is 6. The maximum absolute atomic E-state index is 11.8. The van der Waals surface area contributed by atoms with Crippen molar-refractivity contribution >= 4 is 40.9 Å². The zero-order chi connectivity index (χ0) is 25.3. The number of likely N-dealkylation sites (tertiary alicyclic amines) is 1. The first kappa shape index (κ1) is 25.5. The number of aliphatic hydroxyl groups excluding tert-OH is 2. The fourth-order valence-corrected chi connectivity index (χ4v) is 6.87. The third-order valence-corrected chi connectivity index (χ3v) is 9.32. The van der Waals surface area contributed by atoms with Gasteiger partial charge in [0, 0.05) is 50.7 Å². The van der Waals surface area contributed by atoms with Gasteiger partial charge < -0.3 is 24.9 Å². The number of aliphatic hydroxyl groups is 2. The molecule has 2 aromatic rings. The Morgan fingerprint density at radius 1 is 1.17 bits per heavy atom. The van der Waals surface area contributed by atoms with E-state index in [-0.39, 0.29) is 30.6 Å². The molecule has 0 aliphatic carbocycles. The van der Waals surface area contributed by atoms with Gasteiger partial charge in [-0.15, -0.1) is 0 Å². The molecule has 1 amide bonds. The van der Waals surface area contributed by atoms with Gasteiger partial charge in [0.15, 0.2) is 5.82 Å². The van der Waals surface area contributed by atoms with Crippen LogP contribution in [0.1, 0.15) is 44.7 Å². The van der Waals surface area contributed by atoms with Gasteiger partial charge >= 0.3 is 0 Å². The number of anilines is 2. The van der Waals surface area contributed by atoms with Crippen LogP contribution in [-0.2, 0) is 11.4 Å². The van der Waals surface area contributed by atoms with E-state index in [0.29, 0.717) is 21.6 Å². The molecule has 3 aliphatic rings. The number of carbonyl (C=O) groups excluding carboxylic acids is 1. The van der Waals surface area contributed by atoms with Crippen molar-refractivity contribution in [2.45, 2.75) is 61.6 Å². The number of carbonyl (C=O) groups is 1. The highest BCUT2D eigenvalue weighted by Crippen LogP contribution is 2.42. The number of hydrogen-bond donors (Lipinski definition) is 2. The molecular formula is C25H33ClN6O3S. The van der Waals surface area contributed by atoms with Gasteiger partial charge in [0.2, 0.25) is 5.91 Å². The van der Waals surface area contributed by atoms with Gasteiger partial charge in [-0.1, -0.05) is 23.4 Å². The van der Waals surface area contributed by atoms with Gasteiger partial charge in [0.05, 0.1) is 30.5 Å². The molecule has 0 bridgehead atoms. The molecule has 3 fully saturated rings. The van der Waals surface area contributed by atoms with Crippen molar-refractivity contribution in [2.24, 2.45) is 5.41 Å². The highest BCUT2D eigenvalue weighted by atomic mass is 35.5. The molecule has 2 aromatic heterocycles.